The first kappa shape index (κ1) is 75.1. The number of carbonyl (C=O) groups excluding carboxylic acids is 4. The van der Waals surface area contributed by atoms with E-state index in [0.29, 0.717) is 55.1 Å². The summed E-state index contributed by atoms with van der Waals surface area (Å²) in [5, 5.41) is 32.8. The third kappa shape index (κ3) is 14.0. The normalized spacial score (nSPS) is 23.3. The lowest BCUT2D eigenvalue weighted by molar-refractivity contribution is -0.142. The third-order valence-electron chi connectivity index (χ3n) is 21.3. The van der Waals surface area contributed by atoms with E-state index >= 15 is 0 Å². The Morgan fingerprint density at radius 3 is 1.44 bits per heavy atom. The zero-order valence-corrected chi connectivity index (χ0v) is 60.0. The van der Waals surface area contributed by atoms with Gasteiger partial charge in [0, 0.05) is 38.1 Å². The zero-order valence-electron chi connectivity index (χ0n) is 58.4. The average molecular weight is 1500 g/mol. The van der Waals surface area contributed by atoms with Crippen LogP contribution in [0.15, 0.2) is 172 Å². The maximum Gasteiger partial charge on any atom is 0.409 e. The quantitative estimate of drug-likeness (QED) is 0.0581. The van der Waals surface area contributed by atoms with E-state index in [1.807, 2.05) is 83.8 Å². The number of carbonyl (C=O) groups is 5. The number of hydrogen-bond donors (Lipinski definition) is 3. The Balaban J connectivity index is 0.000000154. The molecule has 8 atom stereocenters. The molecule has 15 rings (SSSR count). The fourth-order valence-electron chi connectivity index (χ4n) is 16.2. The second-order valence-corrected chi connectivity index (χ2v) is 29.5. The van der Waals surface area contributed by atoms with Gasteiger partial charge < -0.3 is 52.0 Å². The lowest BCUT2D eigenvalue weighted by Gasteiger charge is -2.32. The van der Waals surface area contributed by atoms with Gasteiger partial charge in [-0.15, -0.1) is 0 Å². The molecule has 1 unspecified atom stereocenters. The number of rotatable bonds is 12. The number of aliphatic carboxylic acids is 1. The van der Waals surface area contributed by atoms with E-state index in [1.165, 1.54) is 44.5 Å². The van der Waals surface area contributed by atoms with Crippen LogP contribution in [0.2, 0.25) is 0 Å². The van der Waals surface area contributed by atoms with Crippen LogP contribution in [0.5, 0.6) is 11.5 Å². The summed E-state index contributed by atoms with van der Waals surface area (Å²) in [6.45, 7) is 5.29. The molecule has 106 heavy (non-hydrogen) atoms. The minimum absolute atomic E-state index is 0.105. The van der Waals surface area contributed by atoms with Crippen LogP contribution in [0.4, 0.5) is 48.1 Å². The Bertz CT molecular complexity index is 4850. The van der Waals surface area contributed by atoms with Gasteiger partial charge in [0.15, 0.2) is 23.3 Å². The molecule has 32 heteroatoms. The highest BCUT2D eigenvalue weighted by Crippen LogP contribution is 2.55. The summed E-state index contributed by atoms with van der Waals surface area (Å²) in [7, 11) is -3.81. The molecule has 558 valence electrons. The molecule has 4 fully saturated rings. The number of nitrogens with zero attached hydrogens (tertiary/aromatic N) is 8. The first-order valence-electron chi connectivity index (χ1n) is 33.8. The van der Waals surface area contributed by atoms with E-state index in [0.717, 1.165) is 95.7 Å². The molecule has 8 aliphatic rings. The Morgan fingerprint density at radius 2 is 0.943 bits per heavy atom. The molecule has 4 amide bonds. The maximum atomic E-state index is 14.4. The van der Waals surface area contributed by atoms with Crippen LogP contribution in [0.3, 0.4) is 0 Å². The third-order valence-corrected chi connectivity index (χ3v) is 22.7. The van der Waals surface area contributed by atoms with Crippen molar-refractivity contribution in [2.45, 2.75) is 117 Å². The van der Waals surface area contributed by atoms with Gasteiger partial charge in [-0.1, -0.05) is 115 Å². The number of halogens is 4. The van der Waals surface area contributed by atoms with Crippen molar-refractivity contribution >= 4 is 62.3 Å². The second-order valence-electron chi connectivity index (χ2n) is 27.0. The van der Waals surface area contributed by atoms with Crippen molar-refractivity contribution in [3.8, 4) is 11.5 Å². The molecule has 4 saturated heterocycles. The van der Waals surface area contributed by atoms with Gasteiger partial charge in [-0.3, -0.25) is 4.79 Å². The number of fused-ring (bicyclic) bond motifs is 12. The van der Waals surface area contributed by atoms with E-state index in [2.05, 4.69) is 32.2 Å². The van der Waals surface area contributed by atoms with Crippen molar-refractivity contribution in [3.05, 3.63) is 225 Å². The van der Waals surface area contributed by atoms with Crippen molar-refractivity contribution in [2.75, 3.05) is 54.6 Å². The van der Waals surface area contributed by atoms with Crippen molar-refractivity contribution < 1.29 is 90.8 Å². The fourth-order valence-corrected chi connectivity index (χ4v) is 17.8. The highest BCUT2D eigenvalue weighted by molar-refractivity contribution is 7.85. The standard InChI is InChI=1S/C32H31F2N5O7S.C26H28N4O4.C10H12O2.C6H5F2NO3S/c1-44-29(40)38-15-13-31(21-8-4-3-7-19(21)17-26(31)38)36-35-25-12-5-9-22-20(25)18-27-32(22,14-16-39(27)30(41)45-2)37-47(42,43)46-28-23(33)10-6-11-24(28)34;1-33-24(31)29-12-10-18-17-7-5-9-21(19(17)15-22(18)29)27-28-26-11-13-30(25(32)34-2)23(26)14-16-6-3-4-8-20(16)26;1-10(2,9(11)12)8-6-4-3-5-7-8;7-4-2-1-3-5(8)6(4)12-13(9,10)11/h3-12,26-27,37H,13-18H2,1-2H3;3-9,18,22-23H,10-15H2,1-2H3;3-7H,1-2H3,(H,11,12);1-3H,(H2,9,10,11)/t26-,27-,31-,32-;18-,22?,23+,26+;;/m01../s1. The van der Waals surface area contributed by atoms with Gasteiger partial charge >= 0.3 is 51.0 Å². The summed E-state index contributed by atoms with van der Waals surface area (Å²) in [5.41, 5.74) is 6.51. The Kier molecular flexibility index (Phi) is 21.1. The molecule has 4 aliphatic heterocycles. The first-order chi connectivity index (χ1) is 50.5. The Morgan fingerprint density at radius 1 is 0.509 bits per heavy atom. The molecule has 0 spiro atoms. The van der Waals surface area contributed by atoms with Gasteiger partial charge in [-0.05, 0) is 152 Å². The van der Waals surface area contributed by atoms with Crippen molar-refractivity contribution in [2.24, 2.45) is 25.6 Å². The van der Waals surface area contributed by atoms with Gasteiger partial charge in [0.05, 0.1) is 68.9 Å². The van der Waals surface area contributed by atoms with Gasteiger partial charge in [0.2, 0.25) is 11.5 Å². The largest absolute Gasteiger partial charge is 0.481 e. The Labute approximate surface area is 608 Å². The smallest absolute Gasteiger partial charge is 0.409 e. The van der Waals surface area contributed by atoms with Crippen molar-refractivity contribution in [1.29, 1.82) is 0 Å². The fraction of sp³-hybridized carbons (Fsp3) is 0.365. The summed E-state index contributed by atoms with van der Waals surface area (Å²) < 4.78 is 133. The molecule has 26 nitrogen and oxygen atoms in total. The molecule has 0 radical (unpaired) electrons. The molecular formula is C74H76F4N10O16S2. The van der Waals surface area contributed by atoms with Crippen molar-refractivity contribution in [3.63, 3.8) is 0 Å². The second kappa shape index (κ2) is 29.8. The monoisotopic (exact) mass is 1500 g/mol. The zero-order chi connectivity index (χ0) is 75.8. The minimum atomic E-state index is -4.84. The number of methoxy groups -OCH3 is 4. The summed E-state index contributed by atoms with van der Waals surface area (Å²) in [4.78, 5) is 67.8. The lowest BCUT2D eigenvalue weighted by Crippen LogP contribution is -2.53. The molecule has 7 aromatic rings. The number of para-hydroxylation sites is 2. The minimum Gasteiger partial charge on any atom is -0.481 e. The number of hydrogen-bond acceptors (Lipinski definition) is 19. The van der Waals surface area contributed by atoms with Crippen LogP contribution >= 0.6 is 0 Å². The highest BCUT2D eigenvalue weighted by atomic mass is 32.2. The topological polar surface area (TPSA) is 330 Å². The molecule has 4 aliphatic carbocycles. The predicted molar refractivity (Wildman–Crippen MR) is 374 cm³/mol. The summed E-state index contributed by atoms with van der Waals surface area (Å²) in [5.74, 6) is -7.22. The average Bonchev–Trinajstić information content (AvgIpc) is 1.57. The number of carboxylic acid groups (broad SMARTS) is 1. The molecule has 4 heterocycles. The van der Waals surface area contributed by atoms with Gasteiger partial charge in [-0.2, -0.15) is 47.2 Å². The highest BCUT2D eigenvalue weighted by Gasteiger charge is 2.60. The van der Waals surface area contributed by atoms with Crippen LogP contribution in [-0.4, -0.2) is 151 Å². The van der Waals surface area contributed by atoms with E-state index in [1.54, 1.807) is 41.8 Å². The Hall–Kier alpha value is -10.6. The van der Waals surface area contributed by atoms with Crippen LogP contribution in [-0.2, 0) is 92.1 Å². The molecule has 7 aromatic carbocycles. The number of azo groups is 2. The van der Waals surface area contributed by atoms with Crippen LogP contribution in [0.25, 0.3) is 0 Å². The van der Waals surface area contributed by atoms with Gasteiger partial charge in [0.1, 0.15) is 11.1 Å². The molecular weight excluding hydrogens is 1420 g/mol. The summed E-state index contributed by atoms with van der Waals surface area (Å²) >= 11 is 0. The summed E-state index contributed by atoms with van der Waals surface area (Å²) in [6.07, 6.45) is 2.87. The van der Waals surface area contributed by atoms with E-state index in [9.17, 15) is 58.4 Å². The van der Waals surface area contributed by atoms with Crippen LogP contribution in [0, 0.1) is 23.3 Å². The van der Waals surface area contributed by atoms with Gasteiger partial charge in [0.25, 0.3) is 0 Å². The number of nitrogens with one attached hydrogen (secondary N) is 1. The maximum absolute atomic E-state index is 14.4. The number of ether oxygens (including phenoxy) is 4. The number of carboxylic acids is 1. The first-order valence-corrected chi connectivity index (χ1v) is 36.7. The van der Waals surface area contributed by atoms with E-state index in [-0.39, 0.29) is 49.7 Å². The SMILES string of the molecule is CC(C)(C(=O)O)c1ccccc1.COC(=O)N1CC[C@@H]2c3cccc(N=N[C@]45CCN(C(=O)OC)[C@H]4Cc4ccccc45)c3CC21.COC(=O)N1CC[C@]2(N=Nc3cccc4c3C[C@@H]3N(C(=O)OC)CC[C@]43NS(=O)(=O)Oc3c(F)cccc3F)c3ccccc3C[C@H]12.NS(=O)(=O)Oc1c(F)cccc1F. The molecule has 4 N–H and O–H groups in total. The van der Waals surface area contributed by atoms with Crippen molar-refractivity contribution in [1.82, 2.24) is 24.3 Å². The number of likely N-dealkylation sites (tertiary alicyclic amines) is 4. The molecule has 0 bridgehead atoms. The van der Waals surface area contributed by atoms with Crippen LogP contribution < -0.4 is 18.2 Å². The van der Waals surface area contributed by atoms with E-state index in [4.69, 9.17) is 48.7 Å². The predicted octanol–water partition coefficient (Wildman–Crippen LogP) is 12.0. The summed E-state index contributed by atoms with van der Waals surface area (Å²) in [6, 6.07) is 41.3. The van der Waals surface area contributed by atoms with Gasteiger partial charge in [-0.25, -0.2) is 36.7 Å². The number of amides is 4. The number of benzene rings is 7. The molecule has 0 aromatic heterocycles. The van der Waals surface area contributed by atoms with Crippen LogP contribution in [0.1, 0.15) is 95.5 Å². The van der Waals surface area contributed by atoms with E-state index < -0.39 is 102 Å². The lowest BCUT2D eigenvalue weighted by atomic mass is 9.85. The number of nitrogens with two attached hydrogens (primary N) is 1. The molecule has 0 saturated carbocycles.